The predicted octanol–water partition coefficient (Wildman–Crippen LogP) is 15.7. The maximum absolute atomic E-state index is 16.1. The van der Waals surface area contributed by atoms with Crippen molar-refractivity contribution in [2.45, 2.75) is 142 Å². The highest BCUT2D eigenvalue weighted by atomic mass is 19.4. The van der Waals surface area contributed by atoms with E-state index in [2.05, 4.69) is 52.2 Å². The Bertz CT molecular complexity index is 4540. The van der Waals surface area contributed by atoms with Crippen LogP contribution in [0.25, 0.3) is 43.1 Å². The van der Waals surface area contributed by atoms with Gasteiger partial charge in [0, 0.05) is 56.2 Å². The molecule has 6 amide bonds. The molecule has 2 saturated heterocycles. The summed E-state index contributed by atoms with van der Waals surface area (Å²) in [5, 5.41) is 5.62. The van der Waals surface area contributed by atoms with E-state index in [1.54, 1.807) is 48.5 Å². The molecule has 4 aliphatic rings. The van der Waals surface area contributed by atoms with E-state index in [4.69, 9.17) is 37.9 Å². The summed E-state index contributed by atoms with van der Waals surface area (Å²) in [7, 11) is 0. The van der Waals surface area contributed by atoms with Crippen LogP contribution in [-0.2, 0) is 50.2 Å². The van der Waals surface area contributed by atoms with Crippen LogP contribution in [0.2, 0.25) is 0 Å². The molecule has 0 spiro atoms. The third-order valence-corrected chi connectivity index (χ3v) is 18.8. The molecule has 0 bridgehead atoms. The highest BCUT2D eigenvalue weighted by Gasteiger charge is 2.55. The van der Waals surface area contributed by atoms with E-state index in [0.29, 0.717) is 19.8 Å². The average Bonchev–Trinajstić information content (AvgIpc) is 1.55. The molecule has 18 nitrogen and oxygen atoms in total. The van der Waals surface area contributed by atoms with E-state index in [1.807, 2.05) is 90.1 Å². The Kier molecular flexibility index (Phi) is 18.0. The Balaban J connectivity index is 1.15. The molecule has 21 heteroatoms. The van der Waals surface area contributed by atoms with E-state index >= 15 is 32.3 Å². The lowest BCUT2D eigenvalue weighted by Crippen LogP contribution is -2.60. The van der Waals surface area contributed by atoms with Crippen LogP contribution in [0.3, 0.4) is 0 Å². The monoisotopic (exact) mass is 1380 g/mol. The number of hydrogen-bond acceptors (Lipinski definition) is 14. The number of carbonyl (C=O) groups is 6. The average molecular weight is 1380 g/mol. The quantitative estimate of drug-likeness (QED) is 0.0212. The molecule has 0 saturated carbocycles. The number of carbonyl (C=O) groups excluding carboxylic acids is 6. The maximum Gasteiger partial charge on any atom is 0.418 e. The van der Waals surface area contributed by atoms with Gasteiger partial charge in [-0.1, -0.05) is 132 Å². The standard InChI is InChI=1S/C80H81F3N4O14/c1-42(70(88)84-30-32-94-38-51-40-96-51)86-72(90)53-34-57(98-47-22-14-43(15-23-47)76(2,3)4)63-65-59(100-49-26-18-45(19-27-49)78(8,9)10)36-55-62-56(75(93)87(74(55)92)69(80(81,82)83)71(89)85-31-33-95-39-52-41-97-52)37-60(101-50-28-20-46(21-29-50)79(11,12)13)66(68(62)65)64-58(35-54(73(86)91)61(53)67(63)64)99-48-24-16-44(17-25-48)77(5,6)7/h14-29,34-37,42,51-52,69H,30-33,38-41H2,1-13H3,(H,84,88)(H,85,89). The molecule has 0 radical (unpaired) electrons. The van der Waals surface area contributed by atoms with E-state index in [9.17, 15) is 9.59 Å². The van der Waals surface area contributed by atoms with Crippen molar-refractivity contribution in [3.05, 3.63) is 166 Å². The van der Waals surface area contributed by atoms with Gasteiger partial charge < -0.3 is 48.5 Å². The largest absolute Gasteiger partial charge is 0.457 e. The molecule has 526 valence electrons. The Morgan fingerprint density at radius 1 is 0.426 bits per heavy atom. The van der Waals surface area contributed by atoms with Gasteiger partial charge in [0.05, 0.1) is 61.9 Å². The van der Waals surface area contributed by atoms with Gasteiger partial charge >= 0.3 is 6.18 Å². The van der Waals surface area contributed by atoms with Crippen molar-refractivity contribution in [3.63, 3.8) is 0 Å². The third-order valence-electron chi connectivity index (χ3n) is 18.8. The summed E-state index contributed by atoms with van der Waals surface area (Å²) in [5.74, 6) is -6.56. The third kappa shape index (κ3) is 13.8. The summed E-state index contributed by atoms with van der Waals surface area (Å²) in [5.41, 5.74) is 1.34. The van der Waals surface area contributed by atoms with Crippen LogP contribution in [0.1, 0.15) is 154 Å². The number of nitrogens with one attached hydrogen (secondary N) is 2. The van der Waals surface area contributed by atoms with E-state index in [1.165, 1.54) is 31.2 Å². The zero-order valence-electron chi connectivity index (χ0n) is 58.8. The first-order valence-electron chi connectivity index (χ1n) is 33.9. The van der Waals surface area contributed by atoms with Gasteiger partial charge in [-0.2, -0.15) is 13.2 Å². The summed E-state index contributed by atoms with van der Waals surface area (Å²) in [6, 6.07) is 29.5. The lowest BCUT2D eigenvalue weighted by atomic mass is 9.80. The molecule has 9 aromatic carbocycles. The van der Waals surface area contributed by atoms with Crippen molar-refractivity contribution in [2.24, 2.45) is 0 Å². The molecule has 2 N–H and O–H groups in total. The number of benzene rings is 9. The lowest BCUT2D eigenvalue weighted by molar-refractivity contribution is -0.180. The summed E-state index contributed by atoms with van der Waals surface area (Å²) < 4.78 is 98.4. The molecule has 4 aliphatic heterocycles. The fraction of sp³-hybridized carbons (Fsp3) is 0.375. The van der Waals surface area contributed by atoms with Crippen LogP contribution >= 0.6 is 0 Å². The van der Waals surface area contributed by atoms with Gasteiger partial charge in [0.1, 0.15) is 64.2 Å². The van der Waals surface area contributed by atoms with Gasteiger partial charge in [0.25, 0.3) is 29.5 Å². The normalized spacial score (nSPS) is 16.9. The van der Waals surface area contributed by atoms with Crippen LogP contribution in [-0.4, -0.2) is 128 Å². The second-order valence-corrected chi connectivity index (χ2v) is 30.4. The zero-order valence-corrected chi connectivity index (χ0v) is 58.8. The fourth-order valence-corrected chi connectivity index (χ4v) is 13.1. The first kappa shape index (κ1) is 69.8. The summed E-state index contributed by atoms with van der Waals surface area (Å²) >= 11 is 0. The molecule has 4 heterocycles. The number of rotatable bonds is 22. The Morgan fingerprint density at radius 2 is 0.693 bits per heavy atom. The first-order chi connectivity index (χ1) is 47.6. The molecule has 101 heavy (non-hydrogen) atoms. The number of ether oxygens (including phenoxy) is 8. The topological polar surface area (TPSA) is 213 Å². The predicted molar refractivity (Wildman–Crippen MR) is 376 cm³/mol. The molecule has 4 unspecified atom stereocenters. The second-order valence-electron chi connectivity index (χ2n) is 30.4. The van der Waals surface area contributed by atoms with Gasteiger partial charge in [-0.15, -0.1) is 0 Å². The molecule has 9 aromatic rings. The molecular weight excluding hydrogens is 1300 g/mol. The molecule has 13 rings (SSSR count). The smallest absolute Gasteiger partial charge is 0.418 e. The number of imide groups is 2. The summed E-state index contributed by atoms with van der Waals surface area (Å²) in [6.45, 7) is 27.0. The SMILES string of the molecule is CC(C(=O)NCCOCC1CO1)N1C(=O)c2cc(Oc3ccc(C(C)(C)C)cc3)c3c4c(Oc5ccc(C(C)(C)C)cc5)cc5c6c(cc(Oc7ccc(C(C)(C)C)cc7)c(c7c(Oc8ccc(C(C)(C)C)cc8)cc(c2c37)C1=O)c64)C(=O)N(C(C(=O)NCCOCC1CO1)C(F)(F)F)C5=O. The number of halogens is 3. The van der Waals surface area contributed by atoms with Crippen LogP contribution < -0.4 is 29.6 Å². The van der Waals surface area contributed by atoms with Gasteiger partial charge in [0.2, 0.25) is 11.9 Å². The van der Waals surface area contributed by atoms with Crippen LogP contribution in [0.15, 0.2) is 121 Å². The Morgan fingerprint density at radius 3 is 0.950 bits per heavy atom. The van der Waals surface area contributed by atoms with Crippen LogP contribution in [0.5, 0.6) is 46.0 Å². The van der Waals surface area contributed by atoms with Gasteiger partial charge in [0.15, 0.2) is 0 Å². The van der Waals surface area contributed by atoms with Gasteiger partial charge in [-0.3, -0.25) is 38.6 Å². The fourth-order valence-electron chi connectivity index (χ4n) is 13.1. The molecule has 4 atom stereocenters. The second kappa shape index (κ2) is 26.1. The molecule has 2 fully saturated rings. The minimum atomic E-state index is -5.54. The molecular formula is C80H81F3N4O14. The van der Waals surface area contributed by atoms with Crippen molar-refractivity contribution < 1.29 is 79.8 Å². The van der Waals surface area contributed by atoms with Crippen molar-refractivity contribution in [2.75, 3.05) is 52.7 Å². The molecule has 0 aliphatic carbocycles. The minimum Gasteiger partial charge on any atom is -0.457 e. The number of epoxide rings is 2. The van der Waals surface area contributed by atoms with Crippen molar-refractivity contribution >= 4 is 78.5 Å². The van der Waals surface area contributed by atoms with Gasteiger partial charge in [-0.05, 0) is 124 Å². The van der Waals surface area contributed by atoms with E-state index in [-0.39, 0.29) is 165 Å². The van der Waals surface area contributed by atoms with Gasteiger partial charge in [-0.25, -0.2) is 0 Å². The highest BCUT2D eigenvalue weighted by molar-refractivity contribution is 6.45. The summed E-state index contributed by atoms with van der Waals surface area (Å²) in [4.78, 5) is 93.0. The van der Waals surface area contributed by atoms with Crippen LogP contribution in [0, 0.1) is 0 Å². The number of fused-ring (bicyclic) bond motifs is 2. The maximum atomic E-state index is 16.1. The number of hydrogen-bond donors (Lipinski definition) is 2. The minimum absolute atomic E-state index is 0.0211. The van der Waals surface area contributed by atoms with Crippen molar-refractivity contribution in [1.82, 2.24) is 20.4 Å². The number of alkyl halides is 3. The van der Waals surface area contributed by atoms with E-state index in [0.717, 1.165) is 27.2 Å². The summed E-state index contributed by atoms with van der Waals surface area (Å²) in [6.07, 6.45) is -5.74. The van der Waals surface area contributed by atoms with Crippen LogP contribution in [0.4, 0.5) is 13.2 Å². The Hall–Kier alpha value is -9.67. The Labute approximate surface area is 582 Å². The molecule has 0 aromatic heterocycles. The van der Waals surface area contributed by atoms with E-state index < -0.39 is 71.4 Å². The van der Waals surface area contributed by atoms with Crippen molar-refractivity contribution in [1.29, 1.82) is 0 Å². The zero-order chi connectivity index (χ0) is 72.2. The number of nitrogens with zero attached hydrogens (tertiary/aromatic N) is 2. The highest BCUT2D eigenvalue weighted by Crippen LogP contribution is 2.58. The van der Waals surface area contributed by atoms with Crippen molar-refractivity contribution in [3.8, 4) is 46.0 Å². The first-order valence-corrected chi connectivity index (χ1v) is 33.9. The lowest BCUT2D eigenvalue weighted by Gasteiger charge is -2.35. The number of amides is 6.